The van der Waals surface area contributed by atoms with Crippen molar-refractivity contribution in [3.8, 4) is 11.5 Å². The van der Waals surface area contributed by atoms with Gasteiger partial charge in [0.1, 0.15) is 5.02 Å². The number of aromatic hydroxyl groups is 1. The second-order valence-electron chi connectivity index (χ2n) is 4.79. The standard InChI is InChI=1S/C16H18BrClN2O3S/c1-4-19-16-20(5-2)15(22)11(24-16)8-9-7-10(23-6-3)14(21)13(18)12(9)17/h7-8,21H,4-6H2,1-3H3. The number of phenols is 1. The molecule has 1 heterocycles. The molecule has 0 spiro atoms. The van der Waals surface area contributed by atoms with Crippen LogP contribution in [0.4, 0.5) is 0 Å². The quantitative estimate of drug-likeness (QED) is 0.694. The van der Waals surface area contributed by atoms with Crippen LogP contribution >= 0.6 is 39.3 Å². The van der Waals surface area contributed by atoms with Crippen LogP contribution in [0, 0.1) is 0 Å². The lowest BCUT2D eigenvalue weighted by Crippen LogP contribution is -2.28. The number of carbonyl (C=O) groups excluding carboxylic acids is 1. The van der Waals surface area contributed by atoms with Gasteiger partial charge in [-0.2, -0.15) is 0 Å². The normalized spacial score (nSPS) is 18.0. The highest BCUT2D eigenvalue weighted by atomic mass is 79.9. The molecule has 0 aromatic heterocycles. The SMILES string of the molecule is CCN=C1SC(=Cc2cc(OCC)c(O)c(Cl)c2Br)C(=O)N1CC. The van der Waals surface area contributed by atoms with Crippen molar-refractivity contribution in [3.63, 3.8) is 0 Å². The van der Waals surface area contributed by atoms with Gasteiger partial charge in [-0.1, -0.05) is 11.6 Å². The zero-order valence-electron chi connectivity index (χ0n) is 13.6. The molecule has 1 N–H and O–H groups in total. The maximum atomic E-state index is 12.5. The van der Waals surface area contributed by atoms with E-state index in [1.165, 1.54) is 11.8 Å². The van der Waals surface area contributed by atoms with Gasteiger partial charge >= 0.3 is 0 Å². The highest BCUT2D eigenvalue weighted by Gasteiger charge is 2.32. The van der Waals surface area contributed by atoms with Gasteiger partial charge in [0.25, 0.3) is 5.91 Å². The number of amidine groups is 1. The summed E-state index contributed by atoms with van der Waals surface area (Å²) < 4.78 is 5.91. The fourth-order valence-corrected chi connectivity index (χ4v) is 3.88. The molecule has 130 valence electrons. The van der Waals surface area contributed by atoms with Crippen LogP contribution in [-0.4, -0.2) is 40.8 Å². The minimum absolute atomic E-state index is 0.0937. The van der Waals surface area contributed by atoms with Gasteiger partial charge in [0, 0.05) is 17.6 Å². The second kappa shape index (κ2) is 8.27. The first-order valence-corrected chi connectivity index (χ1v) is 9.52. The number of ether oxygens (including phenoxy) is 1. The number of aliphatic imine (C=N–C) groups is 1. The van der Waals surface area contributed by atoms with Crippen LogP contribution in [0.15, 0.2) is 20.4 Å². The third-order valence-electron chi connectivity index (χ3n) is 3.26. The number of rotatable bonds is 5. The number of halogens is 2. The summed E-state index contributed by atoms with van der Waals surface area (Å²) in [7, 11) is 0. The lowest BCUT2D eigenvalue weighted by atomic mass is 10.1. The maximum absolute atomic E-state index is 12.5. The molecule has 0 radical (unpaired) electrons. The number of hydrogen-bond acceptors (Lipinski definition) is 5. The van der Waals surface area contributed by atoms with Gasteiger partial charge in [0.05, 0.1) is 11.5 Å². The number of phenolic OH excluding ortho intramolecular Hbond substituents is 1. The Balaban J connectivity index is 2.48. The summed E-state index contributed by atoms with van der Waals surface area (Å²) in [5, 5.41) is 10.9. The third kappa shape index (κ3) is 3.73. The number of hydrogen-bond donors (Lipinski definition) is 1. The predicted molar refractivity (Wildman–Crippen MR) is 103 cm³/mol. The number of nitrogens with zero attached hydrogens (tertiary/aromatic N) is 2. The third-order valence-corrected chi connectivity index (χ3v) is 5.75. The molecule has 1 aliphatic rings. The van der Waals surface area contributed by atoms with E-state index < -0.39 is 0 Å². The molecule has 1 aromatic rings. The van der Waals surface area contributed by atoms with Crippen LogP contribution in [0.25, 0.3) is 6.08 Å². The highest BCUT2D eigenvalue weighted by molar-refractivity contribution is 9.10. The van der Waals surface area contributed by atoms with Gasteiger partial charge in [-0.3, -0.25) is 14.7 Å². The number of amides is 1. The van der Waals surface area contributed by atoms with E-state index in [-0.39, 0.29) is 22.4 Å². The Morgan fingerprint density at radius 3 is 2.75 bits per heavy atom. The van der Waals surface area contributed by atoms with Gasteiger partial charge in [-0.25, -0.2) is 0 Å². The topological polar surface area (TPSA) is 62.1 Å². The molecule has 2 rings (SSSR count). The molecule has 0 aliphatic carbocycles. The first-order valence-electron chi connectivity index (χ1n) is 7.54. The number of benzene rings is 1. The number of likely N-dealkylation sites (N-methyl/N-ethyl adjacent to an activating group) is 1. The first kappa shape index (κ1) is 19.1. The molecule has 1 saturated heterocycles. The van der Waals surface area contributed by atoms with E-state index in [2.05, 4.69) is 20.9 Å². The Bertz CT molecular complexity index is 722. The Morgan fingerprint density at radius 2 is 2.17 bits per heavy atom. The van der Waals surface area contributed by atoms with Crippen molar-refractivity contribution in [3.05, 3.63) is 26.0 Å². The van der Waals surface area contributed by atoms with E-state index in [1.807, 2.05) is 20.8 Å². The van der Waals surface area contributed by atoms with E-state index in [0.717, 1.165) is 0 Å². The molecular formula is C16H18BrClN2O3S. The van der Waals surface area contributed by atoms with Crippen molar-refractivity contribution >= 4 is 56.4 Å². The van der Waals surface area contributed by atoms with Gasteiger partial charge in [-0.05, 0) is 66.2 Å². The average Bonchev–Trinajstić information content (AvgIpc) is 2.85. The van der Waals surface area contributed by atoms with E-state index in [0.29, 0.717) is 39.8 Å². The molecule has 8 heteroatoms. The Kier molecular flexibility index (Phi) is 6.60. The van der Waals surface area contributed by atoms with Crippen LogP contribution in [0.2, 0.25) is 5.02 Å². The van der Waals surface area contributed by atoms with Crippen molar-refractivity contribution in [2.75, 3.05) is 19.7 Å². The first-order chi connectivity index (χ1) is 11.4. The molecule has 5 nitrogen and oxygen atoms in total. The average molecular weight is 434 g/mol. The summed E-state index contributed by atoms with van der Waals surface area (Å²) in [4.78, 5) is 19.1. The number of thioether (sulfide) groups is 1. The van der Waals surface area contributed by atoms with Gasteiger partial charge in [0.2, 0.25) is 0 Å². The zero-order chi connectivity index (χ0) is 17.9. The molecule has 0 saturated carbocycles. The van der Waals surface area contributed by atoms with Crippen LogP contribution < -0.4 is 4.74 Å². The summed E-state index contributed by atoms with van der Waals surface area (Å²) >= 11 is 10.8. The van der Waals surface area contributed by atoms with Crippen molar-refractivity contribution in [2.24, 2.45) is 4.99 Å². The smallest absolute Gasteiger partial charge is 0.266 e. The van der Waals surface area contributed by atoms with Crippen LogP contribution in [0.5, 0.6) is 11.5 Å². The van der Waals surface area contributed by atoms with E-state index in [4.69, 9.17) is 16.3 Å². The summed E-state index contributed by atoms with van der Waals surface area (Å²) in [5.41, 5.74) is 0.658. The Morgan fingerprint density at radius 1 is 1.46 bits per heavy atom. The molecule has 24 heavy (non-hydrogen) atoms. The van der Waals surface area contributed by atoms with Crippen molar-refractivity contribution in [1.82, 2.24) is 4.90 Å². The molecule has 1 amide bonds. The molecule has 0 atom stereocenters. The second-order valence-corrected chi connectivity index (χ2v) is 6.97. The van der Waals surface area contributed by atoms with E-state index >= 15 is 0 Å². The minimum atomic E-state index is -0.124. The lowest BCUT2D eigenvalue weighted by Gasteiger charge is -2.12. The molecule has 1 aromatic carbocycles. The molecule has 0 unspecified atom stereocenters. The largest absolute Gasteiger partial charge is 0.503 e. The summed E-state index contributed by atoms with van der Waals surface area (Å²) in [6.45, 7) is 7.22. The molecule has 1 aliphatic heterocycles. The van der Waals surface area contributed by atoms with Crippen molar-refractivity contribution in [1.29, 1.82) is 0 Å². The van der Waals surface area contributed by atoms with Crippen LogP contribution in [-0.2, 0) is 4.79 Å². The van der Waals surface area contributed by atoms with Crippen molar-refractivity contribution in [2.45, 2.75) is 20.8 Å². The molecule has 1 fully saturated rings. The maximum Gasteiger partial charge on any atom is 0.266 e. The number of carbonyl (C=O) groups is 1. The summed E-state index contributed by atoms with van der Waals surface area (Å²) in [5.74, 6) is 0.0629. The molecule has 0 bridgehead atoms. The van der Waals surface area contributed by atoms with Gasteiger partial charge in [-0.15, -0.1) is 0 Å². The lowest BCUT2D eigenvalue weighted by molar-refractivity contribution is -0.122. The fourth-order valence-electron chi connectivity index (χ4n) is 2.16. The zero-order valence-corrected chi connectivity index (χ0v) is 16.8. The minimum Gasteiger partial charge on any atom is -0.503 e. The van der Waals surface area contributed by atoms with Gasteiger partial charge < -0.3 is 9.84 Å². The Labute approximate surface area is 158 Å². The highest BCUT2D eigenvalue weighted by Crippen LogP contribution is 2.43. The summed E-state index contributed by atoms with van der Waals surface area (Å²) in [6, 6.07) is 1.65. The van der Waals surface area contributed by atoms with E-state index in [9.17, 15) is 9.90 Å². The van der Waals surface area contributed by atoms with E-state index in [1.54, 1.807) is 17.0 Å². The monoisotopic (exact) mass is 432 g/mol. The fraction of sp³-hybridized carbons (Fsp3) is 0.375. The molecular weight excluding hydrogens is 416 g/mol. The predicted octanol–water partition coefficient (Wildman–Crippen LogP) is 4.52. The van der Waals surface area contributed by atoms with Crippen LogP contribution in [0.1, 0.15) is 26.3 Å². The van der Waals surface area contributed by atoms with Crippen molar-refractivity contribution < 1.29 is 14.6 Å². The van der Waals surface area contributed by atoms with Gasteiger partial charge in [0.15, 0.2) is 16.7 Å². The Hall–Kier alpha value is -1.18. The van der Waals surface area contributed by atoms with Crippen LogP contribution in [0.3, 0.4) is 0 Å². The summed E-state index contributed by atoms with van der Waals surface area (Å²) in [6.07, 6.45) is 1.73.